The number of anilines is 1. The topological polar surface area (TPSA) is 67.6 Å². The molecule has 0 saturated carbocycles. The molecule has 1 aliphatic heterocycles. The molecule has 0 amide bonds. The van der Waals surface area contributed by atoms with E-state index in [-0.39, 0.29) is 16.7 Å². The zero-order chi connectivity index (χ0) is 14.7. The molecule has 1 saturated heterocycles. The summed E-state index contributed by atoms with van der Waals surface area (Å²) < 4.78 is 5.61. The van der Waals surface area contributed by atoms with Gasteiger partial charge in [0, 0.05) is 32.2 Å². The van der Waals surface area contributed by atoms with Crippen LogP contribution in [0.3, 0.4) is 0 Å². The van der Waals surface area contributed by atoms with Crippen LogP contribution in [0.15, 0.2) is 18.2 Å². The summed E-state index contributed by atoms with van der Waals surface area (Å²) in [6.07, 6.45) is 0.230. The lowest BCUT2D eigenvalue weighted by Gasteiger charge is -2.36. The predicted molar refractivity (Wildman–Crippen MR) is 77.9 cm³/mol. The van der Waals surface area contributed by atoms with E-state index in [0.717, 1.165) is 25.3 Å². The summed E-state index contributed by atoms with van der Waals surface area (Å²) in [7, 11) is 1.70. The van der Waals surface area contributed by atoms with Gasteiger partial charge in [0.05, 0.1) is 17.6 Å². The van der Waals surface area contributed by atoms with Gasteiger partial charge in [0.25, 0.3) is 5.69 Å². The SMILES string of the molecule is CNc1cc(CN2CC(C)OCC2C)ccc1[N+](=O)[O-]. The number of benzene rings is 1. The van der Waals surface area contributed by atoms with E-state index in [1.165, 1.54) is 0 Å². The van der Waals surface area contributed by atoms with Crippen LogP contribution < -0.4 is 5.32 Å². The highest BCUT2D eigenvalue weighted by Crippen LogP contribution is 2.26. The first-order valence-electron chi connectivity index (χ1n) is 6.82. The molecule has 2 unspecified atom stereocenters. The zero-order valence-corrected chi connectivity index (χ0v) is 12.1. The summed E-state index contributed by atoms with van der Waals surface area (Å²) in [6.45, 7) is 6.59. The number of nitrogens with one attached hydrogen (secondary N) is 1. The lowest BCUT2D eigenvalue weighted by molar-refractivity contribution is -0.384. The van der Waals surface area contributed by atoms with Gasteiger partial charge in [0.15, 0.2) is 0 Å². The first-order chi connectivity index (χ1) is 9.51. The van der Waals surface area contributed by atoms with Gasteiger partial charge in [-0.3, -0.25) is 15.0 Å². The van der Waals surface area contributed by atoms with Crippen molar-refractivity contribution in [2.75, 3.05) is 25.5 Å². The normalized spacial score (nSPS) is 23.6. The maximum Gasteiger partial charge on any atom is 0.292 e. The quantitative estimate of drug-likeness (QED) is 0.676. The molecule has 0 aliphatic carbocycles. The second kappa shape index (κ2) is 6.19. The van der Waals surface area contributed by atoms with Gasteiger partial charge >= 0.3 is 0 Å². The van der Waals surface area contributed by atoms with Crippen LogP contribution in [0.5, 0.6) is 0 Å². The molecule has 1 N–H and O–H groups in total. The summed E-state index contributed by atoms with van der Waals surface area (Å²) >= 11 is 0. The highest BCUT2D eigenvalue weighted by molar-refractivity contribution is 5.62. The van der Waals surface area contributed by atoms with Crippen LogP contribution in [0.4, 0.5) is 11.4 Å². The lowest BCUT2D eigenvalue weighted by atomic mass is 10.1. The maximum atomic E-state index is 10.9. The van der Waals surface area contributed by atoms with E-state index in [9.17, 15) is 10.1 Å². The second-order valence-corrected chi connectivity index (χ2v) is 5.28. The Labute approximate surface area is 118 Å². The lowest BCUT2D eigenvalue weighted by Crippen LogP contribution is -2.46. The number of nitrogens with zero attached hydrogens (tertiary/aromatic N) is 2. The molecule has 1 aliphatic rings. The third-order valence-electron chi connectivity index (χ3n) is 3.65. The van der Waals surface area contributed by atoms with Gasteiger partial charge in [-0.1, -0.05) is 6.07 Å². The van der Waals surface area contributed by atoms with Gasteiger partial charge in [-0.05, 0) is 25.5 Å². The van der Waals surface area contributed by atoms with E-state index in [4.69, 9.17) is 4.74 Å². The molecule has 6 nitrogen and oxygen atoms in total. The number of hydrogen-bond donors (Lipinski definition) is 1. The van der Waals surface area contributed by atoms with Crippen molar-refractivity contribution in [2.45, 2.75) is 32.5 Å². The molecule has 1 fully saturated rings. The summed E-state index contributed by atoms with van der Waals surface area (Å²) in [5.41, 5.74) is 1.74. The Morgan fingerprint density at radius 2 is 2.25 bits per heavy atom. The zero-order valence-electron chi connectivity index (χ0n) is 12.1. The highest BCUT2D eigenvalue weighted by atomic mass is 16.6. The Kier molecular flexibility index (Phi) is 4.57. The molecule has 1 heterocycles. The monoisotopic (exact) mass is 279 g/mol. The molecule has 2 rings (SSSR count). The van der Waals surface area contributed by atoms with E-state index >= 15 is 0 Å². The molecule has 2 atom stereocenters. The van der Waals surface area contributed by atoms with Crippen molar-refractivity contribution in [3.63, 3.8) is 0 Å². The first kappa shape index (κ1) is 14.7. The van der Waals surface area contributed by atoms with Gasteiger partial charge in [0.1, 0.15) is 5.69 Å². The van der Waals surface area contributed by atoms with Crippen molar-refractivity contribution < 1.29 is 9.66 Å². The molecule has 0 radical (unpaired) electrons. The molecule has 110 valence electrons. The Hall–Kier alpha value is -1.66. The minimum absolute atomic E-state index is 0.111. The Morgan fingerprint density at radius 1 is 1.50 bits per heavy atom. The molecule has 20 heavy (non-hydrogen) atoms. The van der Waals surface area contributed by atoms with E-state index in [1.54, 1.807) is 13.1 Å². The van der Waals surface area contributed by atoms with Crippen LogP contribution in [0.2, 0.25) is 0 Å². The molecular formula is C14H21N3O3. The van der Waals surface area contributed by atoms with Crippen LogP contribution in [0.1, 0.15) is 19.4 Å². The average Bonchev–Trinajstić information content (AvgIpc) is 2.42. The van der Waals surface area contributed by atoms with Gasteiger partial charge in [-0.15, -0.1) is 0 Å². The number of morpholine rings is 1. The standard InChI is InChI=1S/C14H21N3O3/c1-10-9-20-11(2)7-16(10)8-12-4-5-14(17(18)19)13(6-12)15-3/h4-6,10-11,15H,7-9H2,1-3H3. The Bertz CT molecular complexity index is 493. The Morgan fingerprint density at radius 3 is 2.90 bits per heavy atom. The van der Waals surface area contributed by atoms with Crippen LogP contribution in [0.25, 0.3) is 0 Å². The summed E-state index contributed by atoms with van der Waals surface area (Å²) in [4.78, 5) is 12.9. The van der Waals surface area contributed by atoms with Crippen molar-refractivity contribution in [3.05, 3.63) is 33.9 Å². The van der Waals surface area contributed by atoms with Crippen LogP contribution in [-0.2, 0) is 11.3 Å². The third kappa shape index (κ3) is 3.26. The molecule has 0 bridgehead atoms. The minimum atomic E-state index is -0.366. The molecule has 6 heteroatoms. The fourth-order valence-electron chi connectivity index (χ4n) is 2.47. The summed E-state index contributed by atoms with van der Waals surface area (Å²) in [5, 5.41) is 13.8. The van der Waals surface area contributed by atoms with E-state index in [0.29, 0.717) is 11.7 Å². The average molecular weight is 279 g/mol. The number of ether oxygens (including phenoxy) is 1. The number of hydrogen-bond acceptors (Lipinski definition) is 5. The fourth-order valence-corrected chi connectivity index (χ4v) is 2.47. The molecule has 1 aromatic carbocycles. The Balaban J connectivity index is 2.15. The van der Waals surface area contributed by atoms with Crippen molar-refractivity contribution in [3.8, 4) is 0 Å². The summed E-state index contributed by atoms with van der Waals surface area (Å²) in [6, 6.07) is 5.60. The van der Waals surface area contributed by atoms with E-state index < -0.39 is 0 Å². The predicted octanol–water partition coefficient (Wildman–Crippen LogP) is 2.25. The molecule has 0 spiro atoms. The number of rotatable bonds is 4. The van der Waals surface area contributed by atoms with Gasteiger partial charge < -0.3 is 10.1 Å². The van der Waals surface area contributed by atoms with Crippen LogP contribution >= 0.6 is 0 Å². The largest absolute Gasteiger partial charge is 0.383 e. The summed E-state index contributed by atoms with van der Waals surface area (Å²) in [5.74, 6) is 0. The van der Waals surface area contributed by atoms with Crippen LogP contribution in [-0.4, -0.2) is 42.2 Å². The molecular weight excluding hydrogens is 258 g/mol. The third-order valence-corrected chi connectivity index (χ3v) is 3.65. The first-order valence-corrected chi connectivity index (χ1v) is 6.82. The molecule has 0 aromatic heterocycles. The van der Waals surface area contributed by atoms with Crippen molar-refractivity contribution in [2.24, 2.45) is 0 Å². The number of nitro groups is 1. The minimum Gasteiger partial charge on any atom is -0.383 e. The molecule has 1 aromatic rings. The van der Waals surface area contributed by atoms with Crippen LogP contribution in [0, 0.1) is 10.1 Å². The van der Waals surface area contributed by atoms with Crippen molar-refractivity contribution in [1.82, 2.24) is 4.90 Å². The van der Waals surface area contributed by atoms with Crippen molar-refractivity contribution >= 4 is 11.4 Å². The highest BCUT2D eigenvalue weighted by Gasteiger charge is 2.24. The van der Waals surface area contributed by atoms with E-state index in [1.807, 2.05) is 12.1 Å². The van der Waals surface area contributed by atoms with Gasteiger partial charge in [-0.2, -0.15) is 0 Å². The van der Waals surface area contributed by atoms with Gasteiger partial charge in [-0.25, -0.2) is 0 Å². The van der Waals surface area contributed by atoms with Crippen molar-refractivity contribution in [1.29, 1.82) is 0 Å². The second-order valence-electron chi connectivity index (χ2n) is 5.28. The smallest absolute Gasteiger partial charge is 0.292 e. The number of nitro benzene ring substituents is 1. The van der Waals surface area contributed by atoms with Gasteiger partial charge in [0.2, 0.25) is 0 Å². The van der Waals surface area contributed by atoms with E-state index in [2.05, 4.69) is 24.1 Å². The maximum absolute atomic E-state index is 10.9. The fraction of sp³-hybridized carbons (Fsp3) is 0.571.